The maximum atomic E-state index is 15.0. The summed E-state index contributed by atoms with van der Waals surface area (Å²) in [5.74, 6) is -0.778. The molecule has 1 amide bonds. The Morgan fingerprint density at radius 2 is 1.74 bits per heavy atom. The summed E-state index contributed by atoms with van der Waals surface area (Å²) in [7, 11) is 3.08. The van der Waals surface area contributed by atoms with Crippen molar-refractivity contribution in [3.8, 4) is 16.9 Å². The van der Waals surface area contributed by atoms with Crippen LogP contribution >= 0.6 is 0 Å². The molecular weight excluding hydrogens is 540 g/mol. The molecule has 220 valence electrons. The maximum absolute atomic E-state index is 15.0. The molecule has 1 saturated heterocycles. The van der Waals surface area contributed by atoms with Crippen LogP contribution in [0.15, 0.2) is 54.7 Å². The Morgan fingerprint density at radius 1 is 0.976 bits per heavy atom. The number of carbonyl (C=O) groups excluding carboxylic acids is 2. The number of benzene rings is 3. The van der Waals surface area contributed by atoms with E-state index in [4.69, 9.17) is 14.6 Å². The Morgan fingerprint density at radius 3 is 2.43 bits per heavy atom. The Bertz CT molecular complexity index is 1610. The first-order valence-electron chi connectivity index (χ1n) is 14.2. The van der Waals surface area contributed by atoms with Crippen molar-refractivity contribution < 1.29 is 27.8 Å². The second kappa shape index (κ2) is 12.8. The van der Waals surface area contributed by atoms with Crippen molar-refractivity contribution in [2.45, 2.75) is 39.2 Å². The predicted octanol–water partition coefficient (Wildman–Crippen LogP) is 6.46. The van der Waals surface area contributed by atoms with Gasteiger partial charge in [0.15, 0.2) is 5.78 Å². The molecule has 4 aromatic rings. The van der Waals surface area contributed by atoms with Crippen LogP contribution in [0, 0.1) is 24.5 Å². The molecule has 1 aromatic heterocycles. The van der Waals surface area contributed by atoms with E-state index in [1.165, 1.54) is 31.4 Å². The van der Waals surface area contributed by atoms with Crippen LogP contribution in [0.3, 0.4) is 0 Å². The number of Topliss-reactive ketones (excluding diaryl/α,β-unsaturated/α-hetero) is 1. The Hall–Kier alpha value is -4.11. The Balaban J connectivity index is 1.20. The number of aryl methyl sites for hydroxylation is 1. The van der Waals surface area contributed by atoms with Gasteiger partial charge in [-0.25, -0.2) is 8.78 Å². The third kappa shape index (κ3) is 6.21. The molecule has 0 saturated carbocycles. The summed E-state index contributed by atoms with van der Waals surface area (Å²) in [6, 6.07) is 12.3. The molecule has 0 unspecified atom stereocenters. The van der Waals surface area contributed by atoms with Crippen LogP contribution < -0.4 is 4.74 Å². The van der Waals surface area contributed by atoms with Crippen LogP contribution in [0.25, 0.3) is 22.0 Å². The number of hydrogen-bond donors (Lipinski definition) is 0. The number of fused-ring (bicyclic) bond motifs is 1. The topological polar surface area (TPSA) is 73.7 Å². The lowest BCUT2D eigenvalue weighted by Crippen LogP contribution is -2.39. The number of carbonyl (C=O) groups is 2. The first kappa shape index (κ1) is 29.4. The second-order valence-electron chi connectivity index (χ2n) is 10.8. The minimum absolute atomic E-state index is 0.0208. The normalized spacial score (nSPS) is 14.0. The molecule has 0 aliphatic carbocycles. The fourth-order valence-corrected chi connectivity index (χ4v) is 5.65. The molecule has 3 aromatic carbocycles. The molecule has 0 N–H and O–H groups in total. The predicted molar refractivity (Wildman–Crippen MR) is 157 cm³/mol. The van der Waals surface area contributed by atoms with Gasteiger partial charge in [0.2, 0.25) is 0 Å². The van der Waals surface area contributed by atoms with Gasteiger partial charge in [-0.3, -0.25) is 14.3 Å². The van der Waals surface area contributed by atoms with Crippen LogP contribution in [0.2, 0.25) is 0 Å². The second-order valence-corrected chi connectivity index (χ2v) is 10.8. The van der Waals surface area contributed by atoms with Gasteiger partial charge in [-0.05, 0) is 79.6 Å². The fourth-order valence-electron chi connectivity index (χ4n) is 5.65. The number of nitrogens with zero attached hydrogens (tertiary/aromatic N) is 3. The van der Waals surface area contributed by atoms with Crippen molar-refractivity contribution in [2.75, 3.05) is 33.9 Å². The van der Waals surface area contributed by atoms with Crippen molar-refractivity contribution in [1.29, 1.82) is 0 Å². The number of halogens is 2. The summed E-state index contributed by atoms with van der Waals surface area (Å²) in [6.07, 6.45) is 4.66. The summed E-state index contributed by atoms with van der Waals surface area (Å²) in [4.78, 5) is 27.5. The smallest absolute Gasteiger partial charge is 0.256 e. The quantitative estimate of drug-likeness (QED) is 0.160. The van der Waals surface area contributed by atoms with Crippen molar-refractivity contribution in [3.63, 3.8) is 0 Å². The average molecular weight is 576 g/mol. The number of likely N-dealkylation sites (tertiary alicyclic amines) is 1. The highest BCUT2D eigenvalue weighted by Gasteiger charge is 2.26. The average Bonchev–Trinajstić information content (AvgIpc) is 3.40. The first-order chi connectivity index (χ1) is 20.3. The van der Waals surface area contributed by atoms with Gasteiger partial charge in [0.05, 0.1) is 18.2 Å². The summed E-state index contributed by atoms with van der Waals surface area (Å²) >= 11 is 0. The van der Waals surface area contributed by atoms with Crippen LogP contribution in [0.5, 0.6) is 5.75 Å². The zero-order valence-electron chi connectivity index (χ0n) is 24.2. The molecule has 0 radical (unpaired) electrons. The number of methoxy groups -OCH3 is 2. The zero-order chi connectivity index (χ0) is 29.8. The van der Waals surface area contributed by atoms with Crippen LogP contribution in [0.4, 0.5) is 8.78 Å². The van der Waals surface area contributed by atoms with E-state index in [2.05, 4.69) is 0 Å². The highest BCUT2D eigenvalue weighted by Crippen LogP contribution is 2.29. The maximum Gasteiger partial charge on any atom is 0.256 e. The van der Waals surface area contributed by atoms with Crippen molar-refractivity contribution in [2.24, 2.45) is 5.92 Å². The van der Waals surface area contributed by atoms with E-state index >= 15 is 4.39 Å². The summed E-state index contributed by atoms with van der Waals surface area (Å²) in [6.45, 7) is 4.24. The lowest BCUT2D eigenvalue weighted by atomic mass is 9.96. The standard InChI is InChI=1S/C33H35F2N3O4/c1-21-25(32(39)5-4-16-41-2)10-11-31-28(21)20-38(36-31)19-22-12-14-37(15-13-22)33(40)27-8-6-23(17-29(27)34)26-9-7-24(42-3)18-30(26)35/h6-11,17-18,20,22H,4-5,12-16,19H2,1-3H3. The van der Waals surface area contributed by atoms with Crippen molar-refractivity contribution in [1.82, 2.24) is 14.7 Å². The van der Waals surface area contributed by atoms with Crippen molar-refractivity contribution >= 4 is 22.6 Å². The summed E-state index contributed by atoms with van der Waals surface area (Å²) in [5.41, 5.74) is 3.08. The minimum atomic E-state index is -0.676. The molecule has 9 heteroatoms. The van der Waals surface area contributed by atoms with Gasteiger partial charge in [-0.2, -0.15) is 5.10 Å². The largest absolute Gasteiger partial charge is 0.497 e. The van der Waals surface area contributed by atoms with E-state index < -0.39 is 11.6 Å². The number of amides is 1. The molecule has 1 aliphatic heterocycles. The van der Waals surface area contributed by atoms with E-state index in [1.54, 1.807) is 24.1 Å². The molecular formula is C33H35F2N3O4. The number of piperidine rings is 1. The van der Waals surface area contributed by atoms with Crippen LogP contribution in [0.1, 0.15) is 52.0 Å². The number of hydrogen-bond acceptors (Lipinski definition) is 5. The first-order valence-corrected chi connectivity index (χ1v) is 14.2. The van der Waals surface area contributed by atoms with Gasteiger partial charge in [0.25, 0.3) is 5.91 Å². The lowest BCUT2D eigenvalue weighted by Gasteiger charge is -2.32. The Kier molecular flexibility index (Phi) is 8.97. The van der Waals surface area contributed by atoms with E-state index in [0.29, 0.717) is 56.3 Å². The third-order valence-electron chi connectivity index (χ3n) is 8.09. The number of ether oxygens (including phenoxy) is 2. The molecule has 0 atom stereocenters. The zero-order valence-corrected chi connectivity index (χ0v) is 24.2. The number of aromatic nitrogens is 2. The van der Waals surface area contributed by atoms with Crippen LogP contribution in [-0.2, 0) is 11.3 Å². The Labute approximate surface area is 244 Å². The third-order valence-corrected chi connectivity index (χ3v) is 8.09. The molecule has 1 aliphatic rings. The molecule has 42 heavy (non-hydrogen) atoms. The molecule has 5 rings (SSSR count). The van der Waals surface area contributed by atoms with E-state index in [0.717, 1.165) is 34.9 Å². The highest BCUT2D eigenvalue weighted by molar-refractivity contribution is 6.01. The van der Waals surface area contributed by atoms with Crippen LogP contribution in [-0.4, -0.2) is 60.3 Å². The van der Waals surface area contributed by atoms with Gasteiger partial charge in [-0.1, -0.05) is 6.07 Å². The van der Waals surface area contributed by atoms with Gasteiger partial charge >= 0.3 is 0 Å². The van der Waals surface area contributed by atoms with Gasteiger partial charge in [0.1, 0.15) is 17.4 Å². The van der Waals surface area contributed by atoms with Gasteiger partial charge in [-0.15, -0.1) is 0 Å². The van der Waals surface area contributed by atoms with Gasteiger partial charge < -0.3 is 14.4 Å². The SMILES string of the molecule is COCCCC(=O)c1ccc2nn(CC3CCN(C(=O)c4ccc(-c5ccc(OC)cc5F)cc4F)CC3)cc2c1C. The molecule has 0 spiro atoms. The molecule has 2 heterocycles. The van der Waals surface area contributed by atoms with E-state index in [-0.39, 0.29) is 22.8 Å². The fraction of sp³-hybridized carbons (Fsp3) is 0.364. The summed E-state index contributed by atoms with van der Waals surface area (Å²) < 4.78 is 41.5. The monoisotopic (exact) mass is 575 g/mol. The van der Waals surface area contributed by atoms with Crippen molar-refractivity contribution in [3.05, 3.63) is 83.1 Å². The molecule has 7 nitrogen and oxygen atoms in total. The van der Waals surface area contributed by atoms with E-state index in [1.807, 2.05) is 29.9 Å². The molecule has 1 fully saturated rings. The summed E-state index contributed by atoms with van der Waals surface area (Å²) in [5, 5.41) is 5.69. The highest BCUT2D eigenvalue weighted by atomic mass is 19.1. The lowest BCUT2D eigenvalue weighted by molar-refractivity contribution is 0.0676. The number of rotatable bonds is 10. The van der Waals surface area contributed by atoms with Gasteiger partial charge in [0, 0.05) is 68.5 Å². The minimum Gasteiger partial charge on any atom is -0.497 e. The van der Waals surface area contributed by atoms with E-state index in [9.17, 15) is 14.0 Å². The molecule has 0 bridgehead atoms. The number of ketones is 1.